The van der Waals surface area contributed by atoms with Crippen molar-refractivity contribution < 1.29 is 0 Å². The van der Waals surface area contributed by atoms with E-state index in [-0.39, 0.29) is 27.2 Å². The van der Waals surface area contributed by atoms with Crippen molar-refractivity contribution in [3.8, 4) is 0 Å². The molecule has 24 heavy (non-hydrogen) atoms. The summed E-state index contributed by atoms with van der Waals surface area (Å²) in [6, 6.07) is 1.88. The molecule has 0 saturated carbocycles. The van der Waals surface area contributed by atoms with Crippen LogP contribution in [0.15, 0.2) is 32.7 Å². The number of H-pyrrole nitrogens is 3. The van der Waals surface area contributed by atoms with E-state index in [4.69, 9.17) is 0 Å². The first-order chi connectivity index (χ1) is 11.3. The van der Waals surface area contributed by atoms with Gasteiger partial charge in [0.05, 0.1) is 12.0 Å². The smallest absolute Gasteiger partial charge is 0.272 e. The summed E-state index contributed by atoms with van der Waals surface area (Å²) in [6.07, 6.45) is 4.82. The van der Waals surface area contributed by atoms with Gasteiger partial charge in [0, 0.05) is 11.1 Å². The Hall–Kier alpha value is -2.67. The van der Waals surface area contributed by atoms with Gasteiger partial charge < -0.3 is 15.0 Å². The fourth-order valence-corrected chi connectivity index (χ4v) is 2.99. The van der Waals surface area contributed by atoms with Gasteiger partial charge in [-0.15, -0.1) is 0 Å². The van der Waals surface area contributed by atoms with Gasteiger partial charge in [-0.3, -0.25) is 9.59 Å². The molecule has 0 aliphatic heterocycles. The second kappa shape index (κ2) is 6.09. The molecule has 3 N–H and O–H groups in total. The molecule has 0 aliphatic carbocycles. The molecule has 0 bridgehead atoms. The monoisotopic (exact) mass is 342 g/mol. The predicted molar refractivity (Wildman–Crippen MR) is 95.7 cm³/mol. The zero-order valence-electron chi connectivity index (χ0n) is 13.6. The molecule has 0 amide bonds. The Morgan fingerprint density at radius 2 is 1.75 bits per heavy atom. The normalized spacial score (nSPS) is 13.6. The maximum Gasteiger partial charge on any atom is 0.272 e. The lowest BCUT2D eigenvalue weighted by atomic mass is 9.90. The Morgan fingerprint density at radius 1 is 1.08 bits per heavy atom. The van der Waals surface area contributed by atoms with Crippen LogP contribution in [0.1, 0.15) is 37.7 Å². The first-order valence-electron chi connectivity index (χ1n) is 7.47. The third-order valence-corrected chi connectivity index (χ3v) is 4.24. The number of hydrogen-bond acceptors (Lipinski definition) is 4. The van der Waals surface area contributed by atoms with Crippen molar-refractivity contribution in [2.45, 2.75) is 26.2 Å². The zero-order chi connectivity index (χ0) is 17.3. The SMILES string of the molecule is CC(C)(C)c1[nH]cnc1/C=c1\[nH]c(=O)/c(=C/c2ccsc2)[nH]c1=O. The molecule has 7 heteroatoms. The largest absolute Gasteiger partial charge is 0.348 e. The Morgan fingerprint density at radius 3 is 2.33 bits per heavy atom. The molecule has 0 unspecified atom stereocenters. The first-order valence-corrected chi connectivity index (χ1v) is 8.41. The summed E-state index contributed by atoms with van der Waals surface area (Å²) in [4.78, 5) is 37.1. The Kier molecular flexibility index (Phi) is 4.11. The molecule has 0 saturated heterocycles. The topological polar surface area (TPSA) is 94.4 Å². The molecule has 0 atom stereocenters. The summed E-state index contributed by atoms with van der Waals surface area (Å²) in [6.45, 7) is 6.14. The summed E-state index contributed by atoms with van der Waals surface area (Å²) >= 11 is 1.53. The van der Waals surface area contributed by atoms with Crippen LogP contribution in [0.4, 0.5) is 0 Å². The van der Waals surface area contributed by atoms with Gasteiger partial charge in [0.1, 0.15) is 10.7 Å². The maximum atomic E-state index is 12.3. The molecule has 3 heterocycles. The van der Waals surface area contributed by atoms with Crippen LogP contribution >= 0.6 is 11.3 Å². The van der Waals surface area contributed by atoms with E-state index >= 15 is 0 Å². The van der Waals surface area contributed by atoms with Crippen LogP contribution in [0.5, 0.6) is 0 Å². The minimum Gasteiger partial charge on any atom is -0.348 e. The quantitative estimate of drug-likeness (QED) is 0.643. The molecule has 0 radical (unpaired) electrons. The molecule has 0 aliphatic rings. The highest BCUT2D eigenvalue weighted by Crippen LogP contribution is 2.22. The van der Waals surface area contributed by atoms with Gasteiger partial charge >= 0.3 is 0 Å². The lowest BCUT2D eigenvalue weighted by Crippen LogP contribution is -2.46. The molecule has 0 aromatic carbocycles. The first kappa shape index (κ1) is 16.2. The molecule has 0 fully saturated rings. The number of aromatic amines is 3. The van der Waals surface area contributed by atoms with E-state index < -0.39 is 0 Å². The van der Waals surface area contributed by atoms with E-state index in [1.165, 1.54) is 11.3 Å². The number of nitrogens with one attached hydrogen (secondary N) is 3. The molecule has 3 aromatic rings. The molecular formula is C17H18N4O2S. The highest BCUT2D eigenvalue weighted by Gasteiger charge is 2.19. The minimum atomic E-state index is -0.362. The lowest BCUT2D eigenvalue weighted by molar-refractivity contribution is 0.571. The fraction of sp³-hybridized carbons (Fsp3) is 0.235. The van der Waals surface area contributed by atoms with Gasteiger partial charge in [0.2, 0.25) is 0 Å². The third kappa shape index (κ3) is 3.30. The number of rotatable bonds is 2. The van der Waals surface area contributed by atoms with E-state index in [1.807, 2.05) is 37.6 Å². The van der Waals surface area contributed by atoms with E-state index in [9.17, 15) is 9.59 Å². The van der Waals surface area contributed by atoms with Crippen LogP contribution in [0, 0.1) is 0 Å². The van der Waals surface area contributed by atoms with Gasteiger partial charge in [0.25, 0.3) is 11.1 Å². The van der Waals surface area contributed by atoms with Gasteiger partial charge in [-0.05, 0) is 34.5 Å². The summed E-state index contributed by atoms with van der Waals surface area (Å²) in [5.41, 5.74) is 1.55. The molecule has 6 nitrogen and oxygen atoms in total. The summed E-state index contributed by atoms with van der Waals surface area (Å²) in [7, 11) is 0. The summed E-state index contributed by atoms with van der Waals surface area (Å²) in [5.74, 6) is 0. The van der Waals surface area contributed by atoms with Gasteiger partial charge in [-0.1, -0.05) is 20.8 Å². The summed E-state index contributed by atoms with van der Waals surface area (Å²) < 4.78 is 0. The van der Waals surface area contributed by atoms with Gasteiger partial charge in [-0.2, -0.15) is 11.3 Å². The number of thiophene rings is 1. The lowest BCUT2D eigenvalue weighted by Gasteiger charge is -2.16. The highest BCUT2D eigenvalue weighted by molar-refractivity contribution is 7.08. The second-order valence-electron chi connectivity index (χ2n) is 6.49. The van der Waals surface area contributed by atoms with E-state index in [1.54, 1.807) is 18.5 Å². The van der Waals surface area contributed by atoms with E-state index in [0.717, 1.165) is 11.3 Å². The van der Waals surface area contributed by atoms with Gasteiger partial charge in [0.15, 0.2) is 0 Å². The van der Waals surface area contributed by atoms with Crippen LogP contribution < -0.4 is 21.8 Å². The van der Waals surface area contributed by atoms with Crippen molar-refractivity contribution in [1.82, 2.24) is 19.9 Å². The third-order valence-electron chi connectivity index (χ3n) is 3.54. The Labute approximate surface area is 141 Å². The molecule has 3 rings (SSSR count). The van der Waals surface area contributed by atoms with Crippen LogP contribution in [0.2, 0.25) is 0 Å². The molecular weight excluding hydrogens is 324 g/mol. The van der Waals surface area contributed by atoms with Crippen molar-refractivity contribution >= 4 is 23.5 Å². The van der Waals surface area contributed by atoms with Crippen molar-refractivity contribution in [2.75, 3.05) is 0 Å². The molecule has 124 valence electrons. The van der Waals surface area contributed by atoms with E-state index in [0.29, 0.717) is 5.69 Å². The van der Waals surface area contributed by atoms with Crippen molar-refractivity contribution in [1.29, 1.82) is 0 Å². The number of nitrogens with zero attached hydrogens (tertiary/aromatic N) is 1. The van der Waals surface area contributed by atoms with Crippen molar-refractivity contribution in [3.63, 3.8) is 0 Å². The number of aromatic nitrogens is 4. The maximum absolute atomic E-state index is 12.3. The highest BCUT2D eigenvalue weighted by atomic mass is 32.1. The fourth-order valence-electron chi connectivity index (χ4n) is 2.37. The van der Waals surface area contributed by atoms with Crippen LogP contribution in [-0.4, -0.2) is 19.9 Å². The minimum absolute atomic E-state index is 0.151. The van der Waals surface area contributed by atoms with Crippen LogP contribution in [-0.2, 0) is 5.41 Å². The van der Waals surface area contributed by atoms with Gasteiger partial charge in [-0.25, -0.2) is 4.98 Å². The standard InChI is InChI=1S/C17H18N4O2S/c1-17(2,3)14-11(18-9-19-14)7-13-16(23)20-12(15(22)21-13)6-10-4-5-24-8-10/h4-9H,1-3H3,(H,18,19)(H,20,23)(H,21,22)/b12-6-,13-7-. The number of imidazole rings is 1. The van der Waals surface area contributed by atoms with Crippen LogP contribution in [0.25, 0.3) is 12.2 Å². The zero-order valence-corrected chi connectivity index (χ0v) is 14.5. The molecule has 0 spiro atoms. The number of hydrogen-bond donors (Lipinski definition) is 3. The predicted octanol–water partition coefficient (Wildman–Crippen LogP) is 0.803. The Bertz CT molecular complexity index is 1080. The van der Waals surface area contributed by atoms with Crippen LogP contribution in [0.3, 0.4) is 0 Å². The van der Waals surface area contributed by atoms with E-state index in [2.05, 4.69) is 19.9 Å². The second-order valence-corrected chi connectivity index (χ2v) is 7.27. The average molecular weight is 342 g/mol. The summed E-state index contributed by atoms with van der Waals surface area (Å²) in [5, 5.41) is 4.22. The Balaban J connectivity index is 2.15. The average Bonchev–Trinajstić information content (AvgIpc) is 3.14. The van der Waals surface area contributed by atoms with Crippen molar-refractivity contribution in [2.24, 2.45) is 0 Å². The molecule has 3 aromatic heterocycles. The van der Waals surface area contributed by atoms with Crippen molar-refractivity contribution in [3.05, 3.63) is 71.5 Å².